The minimum absolute atomic E-state index is 0.00602. The van der Waals surface area contributed by atoms with Crippen LogP contribution >= 0.6 is 0 Å². The van der Waals surface area contributed by atoms with Crippen molar-refractivity contribution in [3.63, 3.8) is 0 Å². The third kappa shape index (κ3) is 4.26. The van der Waals surface area contributed by atoms with Gasteiger partial charge in [-0.2, -0.15) is 0 Å². The summed E-state index contributed by atoms with van der Waals surface area (Å²) in [6.45, 7) is 2.85. The highest BCUT2D eigenvalue weighted by Crippen LogP contribution is 2.32. The Balaban J connectivity index is 1.57. The molecule has 0 radical (unpaired) electrons. The van der Waals surface area contributed by atoms with E-state index in [-0.39, 0.29) is 6.54 Å². The summed E-state index contributed by atoms with van der Waals surface area (Å²) in [5.74, 6) is -0.0544. The average molecular weight is 326 g/mol. The van der Waals surface area contributed by atoms with Gasteiger partial charge in [-0.05, 0) is 36.2 Å². The van der Waals surface area contributed by atoms with Gasteiger partial charge in [-0.15, -0.1) is 0 Å². The molecule has 1 heterocycles. The van der Waals surface area contributed by atoms with Crippen molar-refractivity contribution in [3.8, 4) is 5.75 Å². The molecule has 0 unspecified atom stereocenters. The maximum absolute atomic E-state index is 11.0. The normalized spacial score (nSPS) is 13.2. The summed E-state index contributed by atoms with van der Waals surface area (Å²) in [4.78, 5) is 12.9. The lowest BCUT2D eigenvalue weighted by molar-refractivity contribution is -0.135. The second kappa shape index (κ2) is 7.84. The van der Waals surface area contributed by atoms with Crippen molar-refractivity contribution in [3.05, 3.63) is 59.7 Å². The number of aliphatic carboxylic acids is 1. The van der Waals surface area contributed by atoms with E-state index in [1.54, 1.807) is 0 Å². The van der Waals surface area contributed by atoms with Crippen LogP contribution in [0.1, 0.15) is 11.1 Å². The van der Waals surface area contributed by atoms with Crippen LogP contribution in [-0.4, -0.2) is 37.3 Å². The van der Waals surface area contributed by atoms with E-state index in [2.05, 4.69) is 17.4 Å². The Morgan fingerprint density at radius 1 is 1.17 bits per heavy atom. The third-order valence-corrected chi connectivity index (χ3v) is 4.07. The molecule has 5 heteroatoms. The largest absolute Gasteiger partial charge is 0.490 e. The quantitative estimate of drug-likeness (QED) is 0.765. The molecule has 2 N–H and O–H groups in total. The SMILES string of the molecule is O=C(O)CN1CCOc2ccc(CCNCc3ccccc3)cc21. The van der Waals surface area contributed by atoms with Gasteiger partial charge in [0.25, 0.3) is 0 Å². The van der Waals surface area contributed by atoms with Crippen LogP contribution in [0.2, 0.25) is 0 Å². The Morgan fingerprint density at radius 3 is 2.79 bits per heavy atom. The lowest BCUT2D eigenvalue weighted by Gasteiger charge is -2.30. The van der Waals surface area contributed by atoms with Gasteiger partial charge in [0.05, 0.1) is 12.2 Å². The average Bonchev–Trinajstić information content (AvgIpc) is 2.60. The number of hydrogen-bond donors (Lipinski definition) is 2. The number of carbonyl (C=O) groups is 1. The number of carboxylic acid groups (broad SMARTS) is 1. The minimum atomic E-state index is -0.821. The zero-order chi connectivity index (χ0) is 16.8. The highest BCUT2D eigenvalue weighted by atomic mass is 16.5. The first-order valence-corrected chi connectivity index (χ1v) is 8.19. The topological polar surface area (TPSA) is 61.8 Å². The molecule has 0 aliphatic carbocycles. The lowest BCUT2D eigenvalue weighted by atomic mass is 10.1. The summed E-state index contributed by atoms with van der Waals surface area (Å²) >= 11 is 0. The predicted octanol–water partition coefficient (Wildman–Crippen LogP) is 2.30. The fourth-order valence-corrected chi connectivity index (χ4v) is 2.86. The van der Waals surface area contributed by atoms with Crippen LogP contribution in [0.5, 0.6) is 5.75 Å². The maximum atomic E-state index is 11.0. The van der Waals surface area contributed by atoms with Crippen LogP contribution in [0.3, 0.4) is 0 Å². The van der Waals surface area contributed by atoms with Crippen LogP contribution in [0, 0.1) is 0 Å². The van der Waals surface area contributed by atoms with E-state index in [1.165, 1.54) is 11.1 Å². The van der Waals surface area contributed by atoms with E-state index in [0.717, 1.165) is 30.9 Å². The highest BCUT2D eigenvalue weighted by Gasteiger charge is 2.20. The van der Waals surface area contributed by atoms with Crippen molar-refractivity contribution >= 4 is 11.7 Å². The van der Waals surface area contributed by atoms with Crippen LogP contribution in [0.25, 0.3) is 0 Å². The van der Waals surface area contributed by atoms with E-state index >= 15 is 0 Å². The molecule has 0 amide bonds. The van der Waals surface area contributed by atoms with Crippen molar-refractivity contribution in [2.24, 2.45) is 0 Å². The smallest absolute Gasteiger partial charge is 0.323 e. The number of carboxylic acids is 1. The van der Waals surface area contributed by atoms with Gasteiger partial charge >= 0.3 is 5.97 Å². The second-order valence-corrected chi connectivity index (χ2v) is 5.88. The second-order valence-electron chi connectivity index (χ2n) is 5.88. The number of nitrogens with one attached hydrogen (secondary N) is 1. The van der Waals surface area contributed by atoms with Crippen molar-refractivity contribution in [1.29, 1.82) is 0 Å². The van der Waals surface area contributed by atoms with E-state index in [0.29, 0.717) is 13.2 Å². The Kier molecular flexibility index (Phi) is 5.33. The molecule has 0 aromatic heterocycles. The molecular weight excluding hydrogens is 304 g/mol. The summed E-state index contributed by atoms with van der Waals surface area (Å²) in [7, 11) is 0. The maximum Gasteiger partial charge on any atom is 0.323 e. The number of anilines is 1. The Hall–Kier alpha value is -2.53. The number of fused-ring (bicyclic) bond motifs is 1. The Morgan fingerprint density at radius 2 is 2.00 bits per heavy atom. The van der Waals surface area contributed by atoms with Crippen LogP contribution in [-0.2, 0) is 17.8 Å². The van der Waals surface area contributed by atoms with Gasteiger partial charge in [0.1, 0.15) is 18.9 Å². The summed E-state index contributed by atoms with van der Waals surface area (Å²) in [6.07, 6.45) is 0.890. The predicted molar refractivity (Wildman–Crippen MR) is 93.6 cm³/mol. The van der Waals surface area contributed by atoms with Gasteiger partial charge in [0.15, 0.2) is 0 Å². The van der Waals surface area contributed by atoms with Crippen molar-refractivity contribution < 1.29 is 14.6 Å². The fraction of sp³-hybridized carbons (Fsp3) is 0.316. The van der Waals surface area contributed by atoms with E-state index in [9.17, 15) is 4.79 Å². The molecule has 1 aliphatic rings. The number of benzene rings is 2. The molecular formula is C19H22N2O3. The van der Waals surface area contributed by atoms with Gasteiger partial charge in [-0.1, -0.05) is 36.4 Å². The Bertz CT molecular complexity index is 688. The molecule has 0 fully saturated rings. The zero-order valence-electron chi connectivity index (χ0n) is 13.6. The van der Waals surface area contributed by atoms with Gasteiger partial charge in [0.2, 0.25) is 0 Å². The molecule has 0 spiro atoms. The van der Waals surface area contributed by atoms with Crippen LogP contribution in [0.15, 0.2) is 48.5 Å². The first kappa shape index (κ1) is 16.3. The van der Waals surface area contributed by atoms with E-state index < -0.39 is 5.97 Å². The van der Waals surface area contributed by atoms with Crippen molar-refractivity contribution in [2.75, 3.05) is 31.1 Å². The molecule has 0 atom stereocenters. The molecule has 0 bridgehead atoms. The van der Waals surface area contributed by atoms with Crippen molar-refractivity contribution in [2.45, 2.75) is 13.0 Å². The van der Waals surface area contributed by atoms with E-state index in [1.807, 2.05) is 41.3 Å². The van der Waals surface area contributed by atoms with Gasteiger partial charge in [-0.3, -0.25) is 4.79 Å². The van der Waals surface area contributed by atoms with Crippen LogP contribution in [0.4, 0.5) is 5.69 Å². The summed E-state index contributed by atoms with van der Waals surface area (Å²) < 4.78 is 5.62. The first-order valence-electron chi connectivity index (χ1n) is 8.19. The molecule has 126 valence electrons. The molecule has 2 aromatic rings. The monoisotopic (exact) mass is 326 g/mol. The third-order valence-electron chi connectivity index (χ3n) is 4.07. The number of rotatable bonds is 7. The molecule has 5 nitrogen and oxygen atoms in total. The molecule has 3 rings (SSSR count). The molecule has 24 heavy (non-hydrogen) atoms. The molecule has 0 saturated carbocycles. The van der Waals surface area contributed by atoms with Crippen molar-refractivity contribution in [1.82, 2.24) is 5.32 Å². The minimum Gasteiger partial charge on any atom is -0.490 e. The number of ether oxygens (including phenoxy) is 1. The van der Waals surface area contributed by atoms with Crippen LogP contribution < -0.4 is 15.0 Å². The molecule has 0 saturated heterocycles. The lowest BCUT2D eigenvalue weighted by Crippen LogP contribution is -2.36. The number of nitrogens with zero attached hydrogens (tertiary/aromatic N) is 1. The number of hydrogen-bond acceptors (Lipinski definition) is 4. The van der Waals surface area contributed by atoms with Gasteiger partial charge < -0.3 is 20.1 Å². The standard InChI is InChI=1S/C19H22N2O3/c22-19(23)14-21-10-11-24-18-7-6-15(12-17(18)21)8-9-20-13-16-4-2-1-3-5-16/h1-7,12,20H,8-11,13-14H2,(H,22,23). The highest BCUT2D eigenvalue weighted by molar-refractivity contribution is 5.75. The van der Waals surface area contributed by atoms with Gasteiger partial charge in [0, 0.05) is 6.54 Å². The van der Waals surface area contributed by atoms with E-state index in [4.69, 9.17) is 9.84 Å². The summed E-state index contributed by atoms with van der Waals surface area (Å²) in [5, 5.41) is 12.5. The first-order chi connectivity index (χ1) is 11.7. The van der Waals surface area contributed by atoms with Gasteiger partial charge in [-0.25, -0.2) is 0 Å². The summed E-state index contributed by atoms with van der Waals surface area (Å²) in [6, 6.07) is 16.3. The zero-order valence-corrected chi connectivity index (χ0v) is 13.6. The Labute approximate surface area is 141 Å². The molecule has 2 aromatic carbocycles. The fourth-order valence-electron chi connectivity index (χ4n) is 2.86. The molecule has 1 aliphatic heterocycles. The summed E-state index contributed by atoms with van der Waals surface area (Å²) in [5.41, 5.74) is 3.32.